The van der Waals surface area contributed by atoms with Crippen molar-refractivity contribution in [3.63, 3.8) is 0 Å². The summed E-state index contributed by atoms with van der Waals surface area (Å²) < 4.78 is 10.4. The van der Waals surface area contributed by atoms with Crippen molar-refractivity contribution >= 4 is 22.4 Å². The zero-order valence-corrected chi connectivity index (χ0v) is 29.3. The van der Waals surface area contributed by atoms with E-state index in [4.69, 9.17) is 0 Å². The molecule has 0 spiro atoms. The van der Waals surface area contributed by atoms with Gasteiger partial charge in [0.25, 0.3) is 0 Å². The monoisotopic (exact) mass is 714 g/mol. The Labute approximate surface area is 240 Å². The van der Waals surface area contributed by atoms with E-state index in [-0.39, 0.29) is 0 Å². The van der Waals surface area contributed by atoms with Crippen molar-refractivity contribution in [2.75, 3.05) is 0 Å². The zero-order valence-electron chi connectivity index (χ0n) is 24.3. The van der Waals surface area contributed by atoms with Gasteiger partial charge < -0.3 is 0 Å². The molecule has 0 saturated carbocycles. The SMILES string of the molecule is [CH3][Hf]([CH3])([CH3])(=[SiH2])([c]1ccccc1)([CH]1C=Cc2c(-c3ccccc3)cccc21)[CH]1C=Cc2c(-c3ccccc3)cccc21. The Morgan fingerprint density at radius 2 is 0.854 bits per heavy atom. The van der Waals surface area contributed by atoms with E-state index < -0.39 is 14.2 Å². The van der Waals surface area contributed by atoms with Gasteiger partial charge in [-0.05, 0) is 0 Å². The topological polar surface area (TPSA) is 0 Å². The van der Waals surface area contributed by atoms with Gasteiger partial charge in [-0.15, -0.1) is 0 Å². The summed E-state index contributed by atoms with van der Waals surface area (Å²) in [7, 11) is 0. The number of allylic oxidation sites excluding steroid dienone is 2. The maximum atomic E-state index is 2.75. The summed E-state index contributed by atoms with van der Waals surface area (Å²) >= 11 is -5.28. The third kappa shape index (κ3) is 3.60. The van der Waals surface area contributed by atoms with Crippen LogP contribution in [-0.4, -0.2) is 6.94 Å². The van der Waals surface area contributed by atoms with E-state index in [0.29, 0.717) is 7.35 Å². The Morgan fingerprint density at radius 3 is 1.27 bits per heavy atom. The molecule has 202 valence electrons. The van der Waals surface area contributed by atoms with E-state index in [1.54, 1.807) is 0 Å². The van der Waals surface area contributed by atoms with Gasteiger partial charge in [-0.1, -0.05) is 0 Å². The second-order valence-corrected chi connectivity index (χ2v) is 92.7. The number of hydrogen-bond donors (Lipinski definition) is 0. The molecule has 2 unspecified atom stereocenters. The van der Waals surface area contributed by atoms with Crippen molar-refractivity contribution in [3.8, 4) is 22.3 Å². The molecule has 5 aromatic rings. The van der Waals surface area contributed by atoms with E-state index in [2.05, 4.69) is 173 Å². The molecule has 0 heterocycles. The summed E-state index contributed by atoms with van der Waals surface area (Å²) in [6, 6.07) is 47.3. The van der Waals surface area contributed by atoms with Gasteiger partial charge in [0.2, 0.25) is 0 Å². The molecule has 2 atom stereocenters. The van der Waals surface area contributed by atoms with Gasteiger partial charge in [-0.3, -0.25) is 0 Å². The molecule has 0 nitrogen and oxygen atoms in total. The molecule has 0 bridgehead atoms. The fraction of sp³-hybridized carbons (Fsp3) is 0.128. The van der Waals surface area contributed by atoms with Crippen molar-refractivity contribution < 1.29 is 14.2 Å². The van der Waals surface area contributed by atoms with Crippen LogP contribution in [0.25, 0.3) is 34.4 Å². The standard InChI is InChI=1S/2C15H11.C6H5.3CH3.Hf.H2Si/c2*1-2-6-12(7-3-1)14-10-4-8-13-9-5-11-15(13)14;1-2-4-6-5-3-1;;;;;/h2*1-11H;1-5H;3*1H3;;1H2. The van der Waals surface area contributed by atoms with Crippen LogP contribution in [-0.2, 0) is 14.2 Å². The summed E-state index contributed by atoms with van der Waals surface area (Å²) in [6.07, 6.45) is 10.0. The van der Waals surface area contributed by atoms with Crippen LogP contribution in [0.15, 0.2) is 140 Å². The van der Waals surface area contributed by atoms with Gasteiger partial charge in [0.1, 0.15) is 0 Å². The second kappa shape index (κ2) is 8.15. The van der Waals surface area contributed by atoms with Crippen LogP contribution in [0.3, 0.4) is 0 Å². The Balaban J connectivity index is 1.53. The molecule has 2 aliphatic carbocycles. The molecule has 0 fully saturated rings. The molecule has 0 saturated heterocycles. The Bertz CT molecular complexity index is 1890. The number of benzene rings is 5. The molecule has 0 amide bonds. The predicted octanol–water partition coefficient (Wildman–Crippen LogP) is 9.64. The van der Waals surface area contributed by atoms with E-state index >= 15 is 0 Å². The van der Waals surface area contributed by atoms with Crippen LogP contribution in [0.5, 0.6) is 0 Å². The summed E-state index contributed by atoms with van der Waals surface area (Å²) in [5.41, 5.74) is 10.9. The van der Waals surface area contributed by atoms with Gasteiger partial charge in [0.15, 0.2) is 0 Å². The van der Waals surface area contributed by atoms with Crippen LogP contribution < -0.4 is 3.32 Å². The molecule has 2 aliphatic rings. The van der Waals surface area contributed by atoms with Crippen LogP contribution in [0.2, 0.25) is 14.0 Å². The molecule has 0 aliphatic heterocycles. The molecular formula is C39H38HfSi. The van der Waals surface area contributed by atoms with Crippen molar-refractivity contribution in [2.45, 2.75) is 21.4 Å². The van der Waals surface area contributed by atoms with Crippen LogP contribution >= 0.6 is 0 Å². The minimum absolute atomic E-state index is 0.305. The maximum absolute atomic E-state index is 5.28. The van der Waals surface area contributed by atoms with E-state index in [1.807, 2.05) is 0 Å². The second-order valence-electron chi connectivity index (χ2n) is 15.5. The van der Waals surface area contributed by atoms with Crippen molar-refractivity contribution in [1.82, 2.24) is 0 Å². The number of hydrogen-bond acceptors (Lipinski definition) is 0. The van der Waals surface area contributed by atoms with Crippen LogP contribution in [0.4, 0.5) is 0 Å². The van der Waals surface area contributed by atoms with E-state index in [9.17, 15) is 0 Å². The van der Waals surface area contributed by atoms with Gasteiger partial charge in [0.05, 0.1) is 0 Å². The third-order valence-corrected chi connectivity index (χ3v) is 58.0. The summed E-state index contributed by atoms with van der Waals surface area (Å²) in [6.45, 7) is 2.40. The van der Waals surface area contributed by atoms with Crippen LogP contribution in [0, 0.1) is 0 Å². The number of fused-ring (bicyclic) bond motifs is 2. The first-order chi connectivity index (χ1) is 19.5. The third-order valence-electron chi connectivity index (χ3n) is 11.2. The summed E-state index contributed by atoms with van der Waals surface area (Å²) in [5, 5.41) is 0. The van der Waals surface area contributed by atoms with Crippen molar-refractivity contribution in [2.24, 2.45) is 0 Å². The van der Waals surface area contributed by atoms with Gasteiger partial charge in [0, 0.05) is 0 Å². The van der Waals surface area contributed by atoms with Crippen LogP contribution in [0.1, 0.15) is 29.6 Å². The molecule has 2 heteroatoms. The summed E-state index contributed by atoms with van der Waals surface area (Å²) in [5.74, 6) is 0. The Kier molecular flexibility index (Phi) is 5.28. The molecule has 0 N–H and O–H groups in total. The number of rotatable bonds is 5. The Hall–Kier alpha value is -3.33. The average molecular weight is 713 g/mol. The average Bonchev–Trinajstić information content (AvgIpc) is 3.66. The first-order valence-corrected chi connectivity index (χ1v) is 39.9. The zero-order chi connectivity index (χ0) is 28.4. The molecule has 7 rings (SSSR count). The minimum atomic E-state index is -5.28. The molecule has 5 aromatic carbocycles. The van der Waals surface area contributed by atoms with Gasteiger partial charge >= 0.3 is 242 Å². The molecular weight excluding hydrogens is 675 g/mol. The fourth-order valence-electron chi connectivity index (χ4n) is 8.62. The quantitative estimate of drug-likeness (QED) is 0.159. The first kappa shape index (κ1) is 26.6. The molecule has 0 radical (unpaired) electrons. The molecule has 0 aromatic heterocycles. The fourth-order valence-corrected chi connectivity index (χ4v) is 46.7. The first-order valence-electron chi connectivity index (χ1n) is 14.9. The normalized spacial score (nSPS) is 19.9. The van der Waals surface area contributed by atoms with Crippen molar-refractivity contribution in [1.29, 1.82) is 0 Å². The summed E-state index contributed by atoms with van der Waals surface area (Å²) in [4.78, 5) is 0. The predicted molar refractivity (Wildman–Crippen MR) is 180 cm³/mol. The Morgan fingerprint density at radius 1 is 0.463 bits per heavy atom. The van der Waals surface area contributed by atoms with E-state index in [1.165, 1.54) is 47.8 Å². The van der Waals surface area contributed by atoms with Gasteiger partial charge in [-0.2, -0.15) is 0 Å². The van der Waals surface area contributed by atoms with E-state index in [0.717, 1.165) is 0 Å². The molecule has 41 heavy (non-hydrogen) atoms. The van der Waals surface area contributed by atoms with Gasteiger partial charge in [-0.25, -0.2) is 0 Å². The van der Waals surface area contributed by atoms with Crippen molar-refractivity contribution in [3.05, 3.63) is 162 Å².